The van der Waals surface area contributed by atoms with Crippen molar-refractivity contribution < 1.29 is 32.5 Å². The van der Waals surface area contributed by atoms with Gasteiger partial charge in [-0.3, -0.25) is 10.2 Å². The highest BCUT2D eigenvalue weighted by atomic mass is 19.4. The number of hydrogen-bond acceptors (Lipinski definition) is 6. The molecule has 0 bridgehead atoms. The minimum Gasteiger partial charge on any atom is -0.494 e. The van der Waals surface area contributed by atoms with Crippen LogP contribution in [0.2, 0.25) is 0 Å². The van der Waals surface area contributed by atoms with Crippen LogP contribution in [-0.4, -0.2) is 35.7 Å². The summed E-state index contributed by atoms with van der Waals surface area (Å²) in [4.78, 5) is 18.5. The van der Waals surface area contributed by atoms with E-state index in [1.165, 1.54) is 12.1 Å². The third-order valence-electron chi connectivity index (χ3n) is 6.36. The molecule has 0 radical (unpaired) electrons. The van der Waals surface area contributed by atoms with Crippen molar-refractivity contribution in [3.8, 4) is 5.75 Å². The van der Waals surface area contributed by atoms with Crippen molar-refractivity contribution in [2.75, 3.05) is 13.2 Å². The Hall–Kier alpha value is -4.15. The molecule has 0 saturated heterocycles. The summed E-state index contributed by atoms with van der Waals surface area (Å²) >= 11 is 0. The summed E-state index contributed by atoms with van der Waals surface area (Å²) in [6.45, 7) is 4.34. The standard InChI is InChI=1S/C30H30F3N3O4/c1-2-17-29(28(38)36-34-20-21-9-13-24(14-10-21)30(31,32)33)26(22-7-4-3-5-8-22)40-27(35-29)23-11-15-25(16-12-23)39-19-6-18-37/h2-5,7-16,26,34,37H,1,6,17-20H2,(H,36,38)/t26-,29-/m0/s1. The predicted molar refractivity (Wildman–Crippen MR) is 144 cm³/mol. The monoisotopic (exact) mass is 553 g/mol. The quantitative estimate of drug-likeness (QED) is 0.165. The number of aliphatic hydroxyl groups excluding tert-OH is 1. The molecular formula is C30H30F3N3O4. The second-order valence-corrected chi connectivity index (χ2v) is 9.19. The van der Waals surface area contributed by atoms with Crippen molar-refractivity contribution in [3.05, 3.63) is 114 Å². The maximum Gasteiger partial charge on any atom is 0.416 e. The molecule has 210 valence electrons. The highest BCUT2D eigenvalue weighted by molar-refractivity contribution is 6.01. The minimum atomic E-state index is -4.42. The first-order valence-corrected chi connectivity index (χ1v) is 12.7. The number of amides is 1. The fraction of sp³-hybridized carbons (Fsp3) is 0.267. The van der Waals surface area contributed by atoms with Gasteiger partial charge in [0.15, 0.2) is 11.6 Å². The number of carbonyl (C=O) groups excluding carboxylic acids is 1. The van der Waals surface area contributed by atoms with Crippen LogP contribution in [0.5, 0.6) is 5.75 Å². The summed E-state index contributed by atoms with van der Waals surface area (Å²) in [5.41, 5.74) is 5.27. The van der Waals surface area contributed by atoms with E-state index in [1.54, 1.807) is 30.3 Å². The van der Waals surface area contributed by atoms with Crippen LogP contribution < -0.4 is 15.6 Å². The Morgan fingerprint density at radius 2 is 1.77 bits per heavy atom. The number of carbonyl (C=O) groups is 1. The molecule has 3 N–H and O–H groups in total. The molecule has 2 atom stereocenters. The van der Waals surface area contributed by atoms with E-state index in [4.69, 9.17) is 19.6 Å². The SMILES string of the molecule is C=CC[C@]1(C(=O)NNCc2ccc(C(F)(F)F)cc2)N=C(c2ccc(OCCCO)cc2)O[C@H]1c1ccccc1. The van der Waals surface area contributed by atoms with Gasteiger partial charge in [-0.15, -0.1) is 6.58 Å². The second kappa shape index (κ2) is 12.8. The summed E-state index contributed by atoms with van der Waals surface area (Å²) < 4.78 is 50.5. The van der Waals surface area contributed by atoms with Crippen LogP contribution in [0.25, 0.3) is 0 Å². The molecule has 0 spiro atoms. The van der Waals surface area contributed by atoms with E-state index in [0.29, 0.717) is 29.9 Å². The van der Waals surface area contributed by atoms with E-state index >= 15 is 0 Å². The Bertz CT molecular complexity index is 1310. The molecule has 0 aliphatic carbocycles. The van der Waals surface area contributed by atoms with Gasteiger partial charge in [0, 0.05) is 31.6 Å². The van der Waals surface area contributed by atoms with Crippen LogP contribution >= 0.6 is 0 Å². The number of halogens is 3. The van der Waals surface area contributed by atoms with E-state index in [0.717, 1.165) is 17.7 Å². The van der Waals surface area contributed by atoms with Crippen molar-refractivity contribution >= 4 is 11.8 Å². The summed E-state index contributed by atoms with van der Waals surface area (Å²) in [6.07, 6.45) is -2.92. The van der Waals surface area contributed by atoms with E-state index < -0.39 is 29.3 Å². The normalized spacial score (nSPS) is 18.5. The maximum absolute atomic E-state index is 13.7. The van der Waals surface area contributed by atoms with Gasteiger partial charge in [0.25, 0.3) is 5.91 Å². The van der Waals surface area contributed by atoms with E-state index in [9.17, 15) is 18.0 Å². The van der Waals surface area contributed by atoms with Crippen molar-refractivity contribution in [2.24, 2.45) is 4.99 Å². The van der Waals surface area contributed by atoms with Gasteiger partial charge >= 0.3 is 6.18 Å². The molecule has 0 saturated carbocycles. The molecule has 1 aliphatic rings. The predicted octanol–water partition coefficient (Wildman–Crippen LogP) is 5.12. The van der Waals surface area contributed by atoms with Crippen LogP contribution in [-0.2, 0) is 22.3 Å². The molecule has 0 unspecified atom stereocenters. The van der Waals surface area contributed by atoms with Crippen molar-refractivity contribution in [1.29, 1.82) is 0 Å². The van der Waals surface area contributed by atoms with Gasteiger partial charge in [-0.25, -0.2) is 10.4 Å². The third-order valence-corrected chi connectivity index (χ3v) is 6.36. The van der Waals surface area contributed by atoms with Crippen molar-refractivity contribution in [3.63, 3.8) is 0 Å². The largest absolute Gasteiger partial charge is 0.494 e. The Balaban J connectivity index is 1.55. The van der Waals surface area contributed by atoms with Crippen LogP contribution in [0.3, 0.4) is 0 Å². The lowest BCUT2D eigenvalue weighted by molar-refractivity contribution is -0.137. The molecule has 0 aromatic heterocycles. The Labute approximate surface area is 230 Å². The summed E-state index contributed by atoms with van der Waals surface area (Å²) in [6, 6.07) is 21.0. The zero-order valence-corrected chi connectivity index (χ0v) is 21.7. The molecular weight excluding hydrogens is 523 g/mol. The van der Waals surface area contributed by atoms with Crippen LogP contribution in [0.15, 0.2) is 96.5 Å². The molecule has 1 heterocycles. The average Bonchev–Trinajstić information content (AvgIpc) is 3.34. The zero-order valence-electron chi connectivity index (χ0n) is 21.7. The molecule has 7 nitrogen and oxygen atoms in total. The highest BCUT2D eigenvalue weighted by Gasteiger charge is 2.52. The number of aliphatic imine (C=N–C) groups is 1. The second-order valence-electron chi connectivity index (χ2n) is 9.19. The summed E-state index contributed by atoms with van der Waals surface area (Å²) in [5, 5.41) is 8.94. The van der Waals surface area contributed by atoms with Crippen molar-refractivity contribution in [1.82, 2.24) is 10.9 Å². The summed E-state index contributed by atoms with van der Waals surface area (Å²) in [5.74, 6) is 0.417. The molecule has 4 rings (SSSR count). The molecule has 40 heavy (non-hydrogen) atoms. The van der Waals surface area contributed by atoms with Gasteiger partial charge in [-0.2, -0.15) is 13.2 Å². The number of rotatable bonds is 12. The molecule has 0 fully saturated rings. The first-order chi connectivity index (χ1) is 19.3. The van der Waals surface area contributed by atoms with E-state index in [1.807, 2.05) is 30.3 Å². The first kappa shape index (κ1) is 28.8. The lowest BCUT2D eigenvalue weighted by Gasteiger charge is -2.29. The molecule has 1 amide bonds. The van der Waals surface area contributed by atoms with Gasteiger partial charge < -0.3 is 14.6 Å². The fourth-order valence-corrected chi connectivity index (χ4v) is 4.31. The topological polar surface area (TPSA) is 92.2 Å². The number of ether oxygens (including phenoxy) is 2. The van der Waals surface area contributed by atoms with Gasteiger partial charge in [-0.05, 0) is 47.5 Å². The van der Waals surface area contributed by atoms with Crippen molar-refractivity contribution in [2.45, 2.75) is 37.2 Å². The number of aliphatic hydroxyl groups is 1. The Morgan fingerprint density at radius 1 is 1.07 bits per heavy atom. The number of nitrogens with zero attached hydrogens (tertiary/aromatic N) is 1. The van der Waals surface area contributed by atoms with Crippen LogP contribution in [0.4, 0.5) is 13.2 Å². The molecule has 3 aromatic carbocycles. The lowest BCUT2D eigenvalue weighted by Crippen LogP contribution is -2.52. The average molecular weight is 554 g/mol. The van der Waals surface area contributed by atoms with Crippen LogP contribution in [0.1, 0.15) is 41.2 Å². The first-order valence-electron chi connectivity index (χ1n) is 12.7. The Kier molecular flexibility index (Phi) is 9.23. The zero-order chi connectivity index (χ0) is 28.6. The number of hydrogen-bond donors (Lipinski definition) is 3. The molecule has 10 heteroatoms. The van der Waals surface area contributed by atoms with E-state index in [2.05, 4.69) is 17.4 Å². The maximum atomic E-state index is 13.7. The fourth-order valence-electron chi connectivity index (χ4n) is 4.31. The summed E-state index contributed by atoms with van der Waals surface area (Å²) in [7, 11) is 0. The number of alkyl halides is 3. The van der Waals surface area contributed by atoms with Gasteiger partial charge in [0.2, 0.25) is 5.90 Å². The number of hydrazine groups is 1. The Morgan fingerprint density at radius 3 is 2.40 bits per heavy atom. The number of benzene rings is 3. The van der Waals surface area contributed by atoms with Gasteiger partial charge in [0.1, 0.15) is 5.75 Å². The van der Waals surface area contributed by atoms with E-state index in [-0.39, 0.29) is 25.5 Å². The number of nitrogens with one attached hydrogen (secondary N) is 2. The smallest absolute Gasteiger partial charge is 0.416 e. The third kappa shape index (κ3) is 6.70. The van der Waals surface area contributed by atoms with Gasteiger partial charge in [0.05, 0.1) is 12.2 Å². The molecule has 3 aromatic rings. The lowest BCUT2D eigenvalue weighted by atomic mass is 9.84. The highest BCUT2D eigenvalue weighted by Crippen LogP contribution is 2.42. The van der Waals surface area contributed by atoms with Crippen LogP contribution in [0, 0.1) is 0 Å². The van der Waals surface area contributed by atoms with Gasteiger partial charge in [-0.1, -0.05) is 48.5 Å². The minimum absolute atomic E-state index is 0.0379. The molecule has 1 aliphatic heterocycles.